The van der Waals surface area contributed by atoms with Crippen molar-refractivity contribution < 1.29 is 19.1 Å². The molecule has 0 radical (unpaired) electrons. The lowest BCUT2D eigenvalue weighted by atomic mass is 10.3. The summed E-state index contributed by atoms with van der Waals surface area (Å²) >= 11 is 1.25. The lowest BCUT2D eigenvalue weighted by Gasteiger charge is -2.09. The van der Waals surface area contributed by atoms with Gasteiger partial charge < -0.3 is 10.1 Å². The Morgan fingerprint density at radius 3 is 2.58 bits per heavy atom. The normalized spacial score (nSPS) is 10.1. The average molecular weight is 284 g/mol. The lowest BCUT2D eigenvalue weighted by Crippen LogP contribution is -2.44. The summed E-state index contributed by atoms with van der Waals surface area (Å²) in [5, 5.41) is 6.32. The molecule has 7 heteroatoms. The third-order valence-corrected chi connectivity index (χ3v) is 3.05. The first-order chi connectivity index (χ1) is 8.90. The zero-order valence-corrected chi connectivity index (χ0v) is 11.8. The number of esters is 1. The second-order valence-electron chi connectivity index (χ2n) is 4.19. The minimum atomic E-state index is -0.666. The highest BCUT2D eigenvalue weighted by atomic mass is 32.1. The lowest BCUT2D eigenvalue weighted by molar-refractivity contribution is -0.123. The van der Waals surface area contributed by atoms with Crippen LogP contribution in [0, 0.1) is 6.92 Å². The van der Waals surface area contributed by atoms with E-state index in [9.17, 15) is 14.4 Å². The largest absolute Gasteiger partial charge is 0.451 e. The zero-order valence-electron chi connectivity index (χ0n) is 11.0. The molecule has 19 heavy (non-hydrogen) atoms. The SMILES string of the molecule is Cc1ccsc1C(=O)OCC(=O)NC(=O)NC(C)C. The Morgan fingerprint density at radius 1 is 1.37 bits per heavy atom. The maximum absolute atomic E-state index is 11.6. The number of hydrogen-bond donors (Lipinski definition) is 2. The van der Waals surface area contributed by atoms with Crippen LogP contribution in [0.2, 0.25) is 0 Å². The summed E-state index contributed by atoms with van der Waals surface area (Å²) in [5.41, 5.74) is 0.799. The van der Waals surface area contributed by atoms with Crippen LogP contribution in [0.25, 0.3) is 0 Å². The summed E-state index contributed by atoms with van der Waals surface area (Å²) in [6.45, 7) is 4.83. The summed E-state index contributed by atoms with van der Waals surface area (Å²) in [7, 11) is 0. The van der Waals surface area contributed by atoms with E-state index < -0.39 is 24.5 Å². The van der Waals surface area contributed by atoms with Crippen LogP contribution in [-0.2, 0) is 9.53 Å². The van der Waals surface area contributed by atoms with Crippen LogP contribution >= 0.6 is 11.3 Å². The van der Waals surface area contributed by atoms with E-state index >= 15 is 0 Å². The Balaban J connectivity index is 2.37. The monoisotopic (exact) mass is 284 g/mol. The van der Waals surface area contributed by atoms with Crippen LogP contribution in [0.3, 0.4) is 0 Å². The number of aryl methyl sites for hydroxylation is 1. The molecule has 0 aromatic carbocycles. The standard InChI is InChI=1S/C12H16N2O4S/c1-7(2)13-12(17)14-9(15)6-18-11(16)10-8(3)4-5-19-10/h4-5,7H,6H2,1-3H3,(H2,13,14,15,17). The summed E-state index contributed by atoms with van der Waals surface area (Å²) in [6, 6.07) is 1.10. The van der Waals surface area contributed by atoms with Gasteiger partial charge in [0, 0.05) is 6.04 Å². The molecule has 0 saturated heterocycles. The minimum absolute atomic E-state index is 0.0795. The van der Waals surface area contributed by atoms with Crippen molar-refractivity contribution in [1.82, 2.24) is 10.6 Å². The Labute approximate surface area is 115 Å². The van der Waals surface area contributed by atoms with E-state index in [2.05, 4.69) is 10.6 Å². The maximum atomic E-state index is 11.6. The third kappa shape index (κ3) is 5.09. The van der Waals surface area contributed by atoms with E-state index in [0.717, 1.165) is 5.56 Å². The molecule has 0 aliphatic heterocycles. The first-order valence-electron chi connectivity index (χ1n) is 5.71. The molecular weight excluding hydrogens is 268 g/mol. The molecule has 1 rings (SSSR count). The van der Waals surface area contributed by atoms with Gasteiger partial charge in [-0.05, 0) is 37.8 Å². The molecule has 0 unspecified atom stereocenters. The van der Waals surface area contributed by atoms with Crippen molar-refractivity contribution in [2.24, 2.45) is 0 Å². The predicted molar refractivity (Wildman–Crippen MR) is 71.1 cm³/mol. The molecule has 3 amide bonds. The van der Waals surface area contributed by atoms with Crippen molar-refractivity contribution in [3.8, 4) is 0 Å². The zero-order chi connectivity index (χ0) is 14.4. The van der Waals surface area contributed by atoms with Crippen LogP contribution in [-0.4, -0.2) is 30.6 Å². The number of thiophene rings is 1. The van der Waals surface area contributed by atoms with Gasteiger partial charge in [0.15, 0.2) is 6.61 Å². The van der Waals surface area contributed by atoms with Gasteiger partial charge >= 0.3 is 12.0 Å². The molecule has 2 N–H and O–H groups in total. The highest BCUT2D eigenvalue weighted by Gasteiger charge is 2.15. The van der Waals surface area contributed by atoms with Gasteiger partial charge in [-0.25, -0.2) is 9.59 Å². The van der Waals surface area contributed by atoms with E-state index in [1.807, 2.05) is 0 Å². The number of urea groups is 1. The number of rotatable bonds is 4. The van der Waals surface area contributed by atoms with E-state index in [-0.39, 0.29) is 6.04 Å². The average Bonchev–Trinajstić information content (AvgIpc) is 2.71. The molecule has 1 aromatic rings. The molecule has 104 valence electrons. The fourth-order valence-corrected chi connectivity index (χ4v) is 2.06. The number of amides is 3. The van der Waals surface area contributed by atoms with Gasteiger partial charge in [0.05, 0.1) is 0 Å². The second kappa shape index (κ2) is 6.89. The summed E-state index contributed by atoms with van der Waals surface area (Å²) in [6.07, 6.45) is 0. The summed E-state index contributed by atoms with van der Waals surface area (Å²) in [4.78, 5) is 34.6. The highest BCUT2D eigenvalue weighted by Crippen LogP contribution is 2.16. The number of imide groups is 1. The first-order valence-corrected chi connectivity index (χ1v) is 6.59. The van der Waals surface area contributed by atoms with Crippen molar-refractivity contribution in [2.45, 2.75) is 26.8 Å². The fourth-order valence-electron chi connectivity index (χ4n) is 1.24. The van der Waals surface area contributed by atoms with E-state index in [1.54, 1.807) is 32.2 Å². The fraction of sp³-hybridized carbons (Fsp3) is 0.417. The van der Waals surface area contributed by atoms with Crippen LogP contribution in [0.5, 0.6) is 0 Å². The highest BCUT2D eigenvalue weighted by molar-refractivity contribution is 7.12. The molecule has 1 heterocycles. The second-order valence-corrected chi connectivity index (χ2v) is 5.10. The van der Waals surface area contributed by atoms with Crippen molar-refractivity contribution in [3.05, 3.63) is 21.9 Å². The Bertz CT molecular complexity index is 482. The topological polar surface area (TPSA) is 84.5 Å². The molecule has 0 aliphatic rings. The molecule has 0 saturated carbocycles. The minimum Gasteiger partial charge on any atom is -0.451 e. The number of ether oxygens (including phenoxy) is 1. The third-order valence-electron chi connectivity index (χ3n) is 2.05. The van der Waals surface area contributed by atoms with Crippen molar-refractivity contribution >= 4 is 29.2 Å². The van der Waals surface area contributed by atoms with Crippen LogP contribution < -0.4 is 10.6 Å². The molecule has 1 aromatic heterocycles. The van der Waals surface area contributed by atoms with Crippen LogP contribution in [0.15, 0.2) is 11.4 Å². The maximum Gasteiger partial charge on any atom is 0.349 e. The number of carbonyl (C=O) groups is 3. The van der Waals surface area contributed by atoms with Gasteiger partial charge in [0.2, 0.25) is 0 Å². The van der Waals surface area contributed by atoms with E-state index in [4.69, 9.17) is 4.74 Å². The number of carbonyl (C=O) groups excluding carboxylic acids is 3. The summed E-state index contributed by atoms with van der Waals surface area (Å²) < 4.78 is 4.81. The molecule has 0 fully saturated rings. The quantitative estimate of drug-likeness (QED) is 0.820. The van der Waals surface area contributed by atoms with Gasteiger partial charge in [0.25, 0.3) is 5.91 Å². The predicted octanol–water partition coefficient (Wildman–Crippen LogP) is 1.45. The van der Waals surface area contributed by atoms with E-state index in [0.29, 0.717) is 4.88 Å². The van der Waals surface area contributed by atoms with Gasteiger partial charge in [-0.15, -0.1) is 11.3 Å². The molecule has 0 atom stereocenters. The van der Waals surface area contributed by atoms with Gasteiger partial charge in [0.1, 0.15) is 4.88 Å². The molecule has 0 spiro atoms. The molecule has 0 bridgehead atoms. The smallest absolute Gasteiger partial charge is 0.349 e. The van der Waals surface area contributed by atoms with Gasteiger partial charge in [-0.1, -0.05) is 0 Å². The van der Waals surface area contributed by atoms with Gasteiger partial charge in [-0.3, -0.25) is 10.1 Å². The Kier molecular flexibility index (Phi) is 5.50. The Hall–Kier alpha value is -1.89. The van der Waals surface area contributed by atoms with Crippen molar-refractivity contribution in [2.75, 3.05) is 6.61 Å². The van der Waals surface area contributed by atoms with Crippen LogP contribution in [0.1, 0.15) is 29.1 Å². The Morgan fingerprint density at radius 2 is 2.05 bits per heavy atom. The summed E-state index contributed by atoms with van der Waals surface area (Å²) in [5.74, 6) is -1.23. The molecule has 6 nitrogen and oxygen atoms in total. The van der Waals surface area contributed by atoms with Crippen molar-refractivity contribution in [1.29, 1.82) is 0 Å². The van der Waals surface area contributed by atoms with E-state index in [1.165, 1.54) is 11.3 Å². The first kappa shape index (κ1) is 15.2. The molecule has 0 aliphatic carbocycles. The van der Waals surface area contributed by atoms with Gasteiger partial charge in [-0.2, -0.15) is 0 Å². The molecular formula is C12H16N2O4S. The number of nitrogens with one attached hydrogen (secondary N) is 2. The number of hydrogen-bond acceptors (Lipinski definition) is 5. The van der Waals surface area contributed by atoms with Crippen molar-refractivity contribution in [3.63, 3.8) is 0 Å². The van der Waals surface area contributed by atoms with Crippen LogP contribution in [0.4, 0.5) is 4.79 Å².